The van der Waals surface area contributed by atoms with Crippen molar-refractivity contribution in [2.75, 3.05) is 0 Å². The van der Waals surface area contributed by atoms with Gasteiger partial charge in [0.05, 0.1) is 11.4 Å². The molecule has 2 aliphatic carbocycles. The van der Waals surface area contributed by atoms with Gasteiger partial charge < -0.3 is 0 Å². The van der Waals surface area contributed by atoms with Gasteiger partial charge in [0.25, 0.3) is 0 Å². The highest BCUT2D eigenvalue weighted by molar-refractivity contribution is 7.80. The van der Waals surface area contributed by atoms with Gasteiger partial charge in [0.15, 0.2) is 11.1 Å². The zero-order chi connectivity index (χ0) is 14.0. The Morgan fingerprint density at radius 2 is 1.37 bits per heavy atom. The van der Waals surface area contributed by atoms with Gasteiger partial charge in [-0.05, 0) is 62.2 Å². The molecule has 0 amide bonds. The van der Waals surface area contributed by atoms with E-state index < -0.39 is 11.1 Å². The molecule has 7 unspecified atom stereocenters. The minimum Gasteiger partial charge on any atom is -0.287 e. The first kappa shape index (κ1) is 15.5. The Hall–Kier alpha value is 0.110. The number of hydrogen-bond acceptors (Lipinski definition) is 2. The van der Waals surface area contributed by atoms with E-state index in [2.05, 4.69) is 27.7 Å². The maximum atomic E-state index is 12.4. The van der Waals surface area contributed by atoms with Crippen molar-refractivity contribution < 1.29 is 8.39 Å². The largest absolute Gasteiger partial charge is 0.287 e. The lowest BCUT2D eigenvalue weighted by Gasteiger charge is -2.34. The lowest BCUT2D eigenvalue weighted by atomic mass is 9.80. The Bertz CT molecular complexity index is 318. The van der Waals surface area contributed by atoms with E-state index in [0.717, 1.165) is 37.5 Å². The molecule has 2 nitrogen and oxygen atoms in total. The molecule has 2 rings (SSSR count). The fourth-order valence-electron chi connectivity index (χ4n) is 3.47. The van der Waals surface area contributed by atoms with Gasteiger partial charge in [-0.25, -0.2) is 4.21 Å². The zero-order valence-corrected chi connectivity index (χ0v) is 13.7. The highest BCUT2D eigenvalue weighted by atomic mass is 32.2. The summed E-state index contributed by atoms with van der Waals surface area (Å²) in [7, 11) is 0. The Morgan fingerprint density at radius 3 is 1.95 bits per heavy atom. The number of hydrogen-bond donors (Lipinski definition) is 0. The monoisotopic (exact) mass is 286 g/mol. The van der Waals surface area contributed by atoms with Crippen LogP contribution in [0.3, 0.4) is 0 Å². The molecule has 7 atom stereocenters. The van der Waals surface area contributed by atoms with E-state index >= 15 is 0 Å². The summed E-state index contributed by atoms with van der Waals surface area (Å²) in [4.78, 5) is 0. The maximum absolute atomic E-state index is 12.4. The second-order valence-electron chi connectivity index (χ2n) is 7.14. The van der Waals surface area contributed by atoms with Crippen LogP contribution in [0.15, 0.2) is 0 Å². The molecule has 0 spiro atoms. The molecule has 2 saturated carbocycles. The summed E-state index contributed by atoms with van der Waals surface area (Å²) in [6.45, 7) is 9.22. The van der Waals surface area contributed by atoms with Crippen molar-refractivity contribution >= 4 is 11.1 Å². The van der Waals surface area contributed by atoms with E-state index in [-0.39, 0.29) is 11.4 Å². The average Bonchev–Trinajstić information content (AvgIpc) is 2.37. The summed E-state index contributed by atoms with van der Waals surface area (Å²) in [5, 5.41) is 0.279. The fraction of sp³-hybridized carbons (Fsp3) is 1.00. The first-order chi connectivity index (χ1) is 8.97. The third-order valence-corrected chi connectivity index (χ3v) is 7.04. The molecule has 0 radical (unpaired) electrons. The normalized spacial score (nSPS) is 45.9. The average molecular weight is 286 g/mol. The van der Waals surface area contributed by atoms with Crippen LogP contribution in [0.5, 0.6) is 0 Å². The molecule has 3 heteroatoms. The Morgan fingerprint density at radius 1 is 0.789 bits per heavy atom. The SMILES string of the molecule is CC1CCC(OS(=O)C2CCC(C)C(C)C2)CC1C. The summed E-state index contributed by atoms with van der Waals surface area (Å²) in [5.41, 5.74) is 0. The van der Waals surface area contributed by atoms with Crippen LogP contribution in [0.25, 0.3) is 0 Å². The van der Waals surface area contributed by atoms with E-state index in [1.54, 1.807) is 0 Å². The maximum Gasteiger partial charge on any atom is 0.158 e. The van der Waals surface area contributed by atoms with Crippen LogP contribution in [0.1, 0.15) is 66.2 Å². The lowest BCUT2D eigenvalue weighted by molar-refractivity contribution is 0.110. The van der Waals surface area contributed by atoms with E-state index in [1.165, 1.54) is 12.8 Å². The molecule has 0 N–H and O–H groups in total. The minimum absolute atomic E-state index is 0.238. The third kappa shape index (κ3) is 4.04. The standard InChI is InChI=1S/C16H30O2S/c1-11-5-7-15(9-13(11)3)18-19(17)16-8-6-12(2)14(4)10-16/h11-16H,5-10H2,1-4H3. The first-order valence-electron chi connectivity index (χ1n) is 8.05. The molecule has 19 heavy (non-hydrogen) atoms. The van der Waals surface area contributed by atoms with Gasteiger partial charge in [0.2, 0.25) is 0 Å². The predicted molar refractivity (Wildman–Crippen MR) is 81.2 cm³/mol. The van der Waals surface area contributed by atoms with Crippen LogP contribution in [-0.4, -0.2) is 15.6 Å². The molecule has 2 aliphatic rings. The fourth-order valence-corrected chi connectivity index (χ4v) is 4.86. The van der Waals surface area contributed by atoms with Crippen molar-refractivity contribution in [1.29, 1.82) is 0 Å². The van der Waals surface area contributed by atoms with E-state index in [0.29, 0.717) is 11.8 Å². The summed E-state index contributed by atoms with van der Waals surface area (Å²) in [6, 6.07) is 0. The molecule has 2 fully saturated rings. The van der Waals surface area contributed by atoms with Crippen LogP contribution in [0, 0.1) is 23.7 Å². The summed E-state index contributed by atoms with van der Waals surface area (Å²) in [6.07, 6.45) is 7.01. The van der Waals surface area contributed by atoms with Gasteiger partial charge in [-0.3, -0.25) is 4.18 Å². The van der Waals surface area contributed by atoms with Crippen LogP contribution in [0.2, 0.25) is 0 Å². The molecule has 0 aromatic rings. The molecule has 0 aliphatic heterocycles. The van der Waals surface area contributed by atoms with Gasteiger partial charge >= 0.3 is 0 Å². The van der Waals surface area contributed by atoms with Crippen molar-refractivity contribution in [3.05, 3.63) is 0 Å². The van der Waals surface area contributed by atoms with E-state index in [9.17, 15) is 4.21 Å². The van der Waals surface area contributed by atoms with Gasteiger partial charge in [0.1, 0.15) is 0 Å². The molecule has 112 valence electrons. The zero-order valence-electron chi connectivity index (χ0n) is 12.9. The van der Waals surface area contributed by atoms with Crippen LogP contribution >= 0.6 is 0 Å². The topological polar surface area (TPSA) is 26.3 Å². The van der Waals surface area contributed by atoms with Gasteiger partial charge in [-0.15, -0.1) is 0 Å². The molecule has 0 saturated heterocycles. The van der Waals surface area contributed by atoms with Gasteiger partial charge in [0, 0.05) is 0 Å². The number of rotatable bonds is 3. The Balaban J connectivity index is 1.81. The summed E-state index contributed by atoms with van der Waals surface area (Å²) in [5.74, 6) is 2.98. The Labute approximate surface area is 121 Å². The van der Waals surface area contributed by atoms with Crippen LogP contribution in [-0.2, 0) is 15.3 Å². The van der Waals surface area contributed by atoms with Crippen molar-refractivity contribution in [3.63, 3.8) is 0 Å². The van der Waals surface area contributed by atoms with Crippen molar-refractivity contribution in [1.82, 2.24) is 0 Å². The van der Waals surface area contributed by atoms with Gasteiger partial charge in [-0.1, -0.05) is 27.7 Å². The molecular formula is C16H30O2S. The van der Waals surface area contributed by atoms with Crippen molar-refractivity contribution in [3.8, 4) is 0 Å². The van der Waals surface area contributed by atoms with E-state index in [1.807, 2.05) is 0 Å². The first-order valence-corrected chi connectivity index (χ1v) is 9.18. The lowest BCUT2D eigenvalue weighted by Crippen LogP contribution is -2.33. The minimum atomic E-state index is -1.07. The van der Waals surface area contributed by atoms with E-state index in [4.69, 9.17) is 4.18 Å². The van der Waals surface area contributed by atoms with Crippen LogP contribution < -0.4 is 0 Å². The molecular weight excluding hydrogens is 256 g/mol. The smallest absolute Gasteiger partial charge is 0.158 e. The highest BCUT2D eigenvalue weighted by Gasteiger charge is 2.32. The van der Waals surface area contributed by atoms with Crippen molar-refractivity contribution in [2.45, 2.75) is 77.6 Å². The highest BCUT2D eigenvalue weighted by Crippen LogP contribution is 2.35. The van der Waals surface area contributed by atoms with Crippen molar-refractivity contribution in [2.24, 2.45) is 23.7 Å². The quantitative estimate of drug-likeness (QED) is 0.772. The summed E-state index contributed by atoms with van der Waals surface area (Å²) < 4.78 is 18.3. The Kier molecular flexibility index (Phi) is 5.47. The summed E-state index contributed by atoms with van der Waals surface area (Å²) >= 11 is -1.07. The third-order valence-electron chi connectivity index (χ3n) is 5.60. The second kappa shape index (κ2) is 6.71. The molecule has 0 aromatic heterocycles. The molecule has 0 aromatic carbocycles. The molecule has 0 bridgehead atoms. The van der Waals surface area contributed by atoms with Gasteiger partial charge in [-0.2, -0.15) is 0 Å². The second-order valence-corrected chi connectivity index (χ2v) is 8.52. The predicted octanol–water partition coefficient (Wildman–Crippen LogP) is 4.32. The van der Waals surface area contributed by atoms with Crippen LogP contribution in [0.4, 0.5) is 0 Å². The molecule has 0 heterocycles.